The highest BCUT2D eigenvalue weighted by Crippen LogP contribution is 2.15. The van der Waals surface area contributed by atoms with Gasteiger partial charge in [-0.3, -0.25) is 0 Å². The van der Waals surface area contributed by atoms with E-state index in [9.17, 15) is 0 Å². The number of nitrogens with zero attached hydrogens (tertiary/aromatic N) is 1. The molecule has 0 aliphatic carbocycles. The highest BCUT2D eigenvalue weighted by molar-refractivity contribution is 7.99. The van der Waals surface area contributed by atoms with Crippen LogP contribution in [-0.2, 0) is 6.54 Å². The summed E-state index contributed by atoms with van der Waals surface area (Å²) in [7, 11) is 0. The van der Waals surface area contributed by atoms with Gasteiger partial charge in [-0.25, -0.2) is 4.98 Å². The van der Waals surface area contributed by atoms with Crippen LogP contribution in [0.2, 0.25) is 0 Å². The first-order valence-corrected chi connectivity index (χ1v) is 6.52. The Balaban J connectivity index is 2.41. The zero-order valence-corrected chi connectivity index (χ0v) is 10.6. The van der Waals surface area contributed by atoms with Gasteiger partial charge in [-0.2, -0.15) is 0 Å². The van der Waals surface area contributed by atoms with Crippen molar-refractivity contribution in [3.8, 4) is 0 Å². The van der Waals surface area contributed by atoms with Crippen molar-refractivity contribution in [2.75, 3.05) is 5.75 Å². The minimum atomic E-state index is 0.527. The molecule has 1 aromatic rings. The Bertz CT molecular complexity index is 269. The van der Waals surface area contributed by atoms with Gasteiger partial charge in [0.25, 0.3) is 0 Å². The normalized spacial score (nSPS) is 10.9. The molecule has 0 spiro atoms. The van der Waals surface area contributed by atoms with E-state index >= 15 is 0 Å². The molecule has 1 rings (SSSR count). The van der Waals surface area contributed by atoms with E-state index in [1.807, 2.05) is 18.0 Å². The second-order valence-corrected chi connectivity index (χ2v) is 5.00. The molecule has 1 aromatic heterocycles. The van der Waals surface area contributed by atoms with Crippen molar-refractivity contribution in [2.45, 2.75) is 44.8 Å². The second kappa shape index (κ2) is 6.85. The molecule has 0 bridgehead atoms. The predicted octanol–water partition coefficient (Wildman–Crippen LogP) is 3.08. The number of rotatable bonds is 6. The Morgan fingerprint density at radius 1 is 1.40 bits per heavy atom. The van der Waals surface area contributed by atoms with Crippen molar-refractivity contribution in [3.63, 3.8) is 0 Å². The van der Waals surface area contributed by atoms with Crippen molar-refractivity contribution in [1.82, 2.24) is 10.3 Å². The fourth-order valence-electron chi connectivity index (χ4n) is 1.13. The first-order valence-electron chi connectivity index (χ1n) is 5.53. The number of hydrogen-bond acceptors (Lipinski definition) is 3. The quantitative estimate of drug-likeness (QED) is 0.752. The summed E-state index contributed by atoms with van der Waals surface area (Å²) in [6, 6.07) is 4.79. The van der Waals surface area contributed by atoms with Gasteiger partial charge in [0.15, 0.2) is 0 Å². The maximum atomic E-state index is 4.42. The van der Waals surface area contributed by atoms with Crippen LogP contribution in [0.3, 0.4) is 0 Å². The Labute approximate surface area is 96.9 Å². The SMILES string of the molecule is CCCSc1ccc(CNC(C)C)cn1. The van der Waals surface area contributed by atoms with Gasteiger partial charge in [0.1, 0.15) is 0 Å². The zero-order chi connectivity index (χ0) is 11.1. The number of hydrogen-bond donors (Lipinski definition) is 1. The summed E-state index contributed by atoms with van der Waals surface area (Å²) < 4.78 is 0. The largest absolute Gasteiger partial charge is 0.310 e. The van der Waals surface area contributed by atoms with Crippen molar-refractivity contribution >= 4 is 11.8 Å². The van der Waals surface area contributed by atoms with E-state index in [2.05, 4.69) is 43.2 Å². The lowest BCUT2D eigenvalue weighted by molar-refractivity contribution is 0.587. The first kappa shape index (κ1) is 12.5. The van der Waals surface area contributed by atoms with Crippen molar-refractivity contribution in [3.05, 3.63) is 23.9 Å². The number of nitrogens with one attached hydrogen (secondary N) is 1. The third-order valence-electron chi connectivity index (χ3n) is 1.97. The molecule has 84 valence electrons. The second-order valence-electron chi connectivity index (χ2n) is 3.89. The van der Waals surface area contributed by atoms with E-state index in [4.69, 9.17) is 0 Å². The molecular formula is C12H20N2S. The topological polar surface area (TPSA) is 24.9 Å². The maximum absolute atomic E-state index is 4.42. The Morgan fingerprint density at radius 3 is 2.73 bits per heavy atom. The zero-order valence-electron chi connectivity index (χ0n) is 9.79. The summed E-state index contributed by atoms with van der Waals surface area (Å²) in [5.41, 5.74) is 1.25. The van der Waals surface area contributed by atoms with Crippen molar-refractivity contribution < 1.29 is 0 Å². The van der Waals surface area contributed by atoms with E-state index in [1.54, 1.807) is 0 Å². The van der Waals surface area contributed by atoms with Crippen LogP contribution in [0.1, 0.15) is 32.8 Å². The summed E-state index contributed by atoms with van der Waals surface area (Å²) in [5.74, 6) is 1.15. The van der Waals surface area contributed by atoms with E-state index < -0.39 is 0 Å². The highest BCUT2D eigenvalue weighted by atomic mass is 32.2. The van der Waals surface area contributed by atoms with Crippen LogP contribution in [0, 0.1) is 0 Å². The van der Waals surface area contributed by atoms with Crippen LogP contribution >= 0.6 is 11.8 Å². The van der Waals surface area contributed by atoms with Crippen LogP contribution < -0.4 is 5.32 Å². The molecule has 0 saturated heterocycles. The number of aromatic nitrogens is 1. The summed E-state index contributed by atoms with van der Waals surface area (Å²) in [6.45, 7) is 7.40. The van der Waals surface area contributed by atoms with Crippen LogP contribution in [0.5, 0.6) is 0 Å². The summed E-state index contributed by atoms with van der Waals surface area (Å²) in [4.78, 5) is 4.42. The molecule has 0 aliphatic rings. The smallest absolute Gasteiger partial charge is 0.0960 e. The molecule has 15 heavy (non-hydrogen) atoms. The van der Waals surface area contributed by atoms with E-state index in [1.165, 1.54) is 12.0 Å². The fourth-order valence-corrected chi connectivity index (χ4v) is 1.83. The predicted molar refractivity (Wildman–Crippen MR) is 67.2 cm³/mol. The standard InChI is InChI=1S/C12H20N2S/c1-4-7-15-12-6-5-11(9-14-12)8-13-10(2)3/h5-6,9-10,13H,4,7-8H2,1-3H3. The van der Waals surface area contributed by atoms with Crippen LogP contribution in [0.25, 0.3) is 0 Å². The third-order valence-corrected chi connectivity index (χ3v) is 3.12. The highest BCUT2D eigenvalue weighted by Gasteiger charge is 1.97. The van der Waals surface area contributed by atoms with Gasteiger partial charge in [-0.15, -0.1) is 11.8 Å². The minimum Gasteiger partial charge on any atom is -0.310 e. The molecule has 0 unspecified atom stereocenters. The molecule has 3 heteroatoms. The molecule has 0 amide bonds. The van der Waals surface area contributed by atoms with Gasteiger partial charge in [0, 0.05) is 18.8 Å². The van der Waals surface area contributed by atoms with Crippen LogP contribution in [-0.4, -0.2) is 16.8 Å². The summed E-state index contributed by atoms with van der Waals surface area (Å²) in [6.07, 6.45) is 3.16. The molecule has 1 heterocycles. The molecule has 0 atom stereocenters. The lowest BCUT2D eigenvalue weighted by Gasteiger charge is -2.07. The molecule has 0 aliphatic heterocycles. The first-order chi connectivity index (χ1) is 7.22. The fraction of sp³-hybridized carbons (Fsp3) is 0.583. The average Bonchev–Trinajstić information content (AvgIpc) is 2.25. The molecule has 0 radical (unpaired) electrons. The number of pyridine rings is 1. The van der Waals surface area contributed by atoms with E-state index in [0.29, 0.717) is 6.04 Å². The summed E-state index contributed by atoms with van der Waals surface area (Å²) >= 11 is 1.82. The average molecular weight is 224 g/mol. The molecular weight excluding hydrogens is 204 g/mol. The van der Waals surface area contributed by atoms with Crippen molar-refractivity contribution in [2.24, 2.45) is 0 Å². The molecule has 2 nitrogen and oxygen atoms in total. The minimum absolute atomic E-state index is 0.527. The third kappa shape index (κ3) is 5.19. The van der Waals surface area contributed by atoms with Crippen LogP contribution in [0.15, 0.2) is 23.4 Å². The van der Waals surface area contributed by atoms with Crippen LogP contribution in [0.4, 0.5) is 0 Å². The molecule has 1 N–H and O–H groups in total. The van der Waals surface area contributed by atoms with Gasteiger partial charge < -0.3 is 5.32 Å². The number of thioether (sulfide) groups is 1. The van der Waals surface area contributed by atoms with Gasteiger partial charge in [-0.05, 0) is 23.8 Å². The Hall–Kier alpha value is -0.540. The maximum Gasteiger partial charge on any atom is 0.0960 e. The van der Waals surface area contributed by atoms with E-state index in [0.717, 1.165) is 17.3 Å². The lowest BCUT2D eigenvalue weighted by Crippen LogP contribution is -2.21. The Kier molecular flexibility index (Phi) is 5.73. The van der Waals surface area contributed by atoms with Gasteiger partial charge in [0.05, 0.1) is 5.03 Å². The molecule has 0 saturated carbocycles. The summed E-state index contributed by atoms with van der Waals surface area (Å²) in [5, 5.41) is 4.51. The monoisotopic (exact) mass is 224 g/mol. The van der Waals surface area contributed by atoms with Gasteiger partial charge in [0.2, 0.25) is 0 Å². The molecule has 0 fully saturated rings. The Morgan fingerprint density at radius 2 is 2.20 bits per heavy atom. The van der Waals surface area contributed by atoms with Crippen molar-refractivity contribution in [1.29, 1.82) is 0 Å². The lowest BCUT2D eigenvalue weighted by atomic mass is 10.2. The van der Waals surface area contributed by atoms with Gasteiger partial charge in [-0.1, -0.05) is 26.8 Å². The van der Waals surface area contributed by atoms with Gasteiger partial charge >= 0.3 is 0 Å². The van der Waals surface area contributed by atoms with E-state index in [-0.39, 0.29) is 0 Å². The molecule has 0 aromatic carbocycles.